The number of hydrazone groups is 1. The molecule has 6 heteroatoms. The van der Waals surface area contributed by atoms with Crippen molar-refractivity contribution in [2.24, 2.45) is 11.0 Å². The number of ether oxygens (including phenoxy) is 2. The zero-order chi connectivity index (χ0) is 20.9. The topological polar surface area (TPSA) is 49.3 Å². The molecule has 30 heavy (non-hydrogen) atoms. The Balaban J connectivity index is 1.68. The molecule has 2 heterocycles. The summed E-state index contributed by atoms with van der Waals surface area (Å²) in [6.07, 6.45) is 10.5. The minimum absolute atomic E-state index is 0.160. The Kier molecular flexibility index (Phi) is 6.67. The Hall–Kier alpha value is -2.41. The van der Waals surface area contributed by atoms with E-state index in [9.17, 15) is 0 Å². The Morgan fingerprint density at radius 2 is 2.03 bits per heavy atom. The average Bonchev–Trinajstić information content (AvgIpc) is 3.28. The van der Waals surface area contributed by atoms with E-state index in [0.717, 1.165) is 24.2 Å². The number of nitrogens with zero attached hydrogens (tertiary/aromatic N) is 3. The number of hydrogen-bond acceptors (Lipinski definition) is 6. The molecule has 1 aromatic rings. The Bertz CT molecular complexity index is 866. The number of benzene rings is 1. The summed E-state index contributed by atoms with van der Waals surface area (Å²) < 4.78 is 12.0. The van der Waals surface area contributed by atoms with Gasteiger partial charge in [0.05, 0.1) is 12.6 Å². The van der Waals surface area contributed by atoms with Crippen molar-refractivity contribution in [1.29, 1.82) is 0 Å². The third-order valence-electron chi connectivity index (χ3n) is 5.86. The van der Waals surface area contributed by atoms with E-state index in [1.165, 1.54) is 16.7 Å². The Morgan fingerprint density at radius 3 is 2.83 bits per heavy atom. The van der Waals surface area contributed by atoms with E-state index in [0.29, 0.717) is 32.7 Å². The van der Waals surface area contributed by atoms with Crippen molar-refractivity contribution >= 4 is 17.5 Å². The number of anilines is 1. The van der Waals surface area contributed by atoms with Gasteiger partial charge in [-0.25, -0.2) is 0 Å². The lowest BCUT2D eigenvalue weighted by Crippen LogP contribution is -2.36. The van der Waals surface area contributed by atoms with Gasteiger partial charge in [-0.3, -0.25) is 4.90 Å². The summed E-state index contributed by atoms with van der Waals surface area (Å²) in [6.45, 7) is 6.55. The van der Waals surface area contributed by atoms with Crippen LogP contribution in [-0.2, 0) is 9.47 Å². The van der Waals surface area contributed by atoms with Gasteiger partial charge < -0.3 is 19.8 Å². The maximum absolute atomic E-state index is 6.03. The second-order valence-corrected chi connectivity index (χ2v) is 8.37. The van der Waals surface area contributed by atoms with Crippen molar-refractivity contribution in [3.8, 4) is 0 Å². The van der Waals surface area contributed by atoms with Crippen molar-refractivity contribution < 1.29 is 9.47 Å². The predicted molar refractivity (Wildman–Crippen MR) is 122 cm³/mol. The van der Waals surface area contributed by atoms with Gasteiger partial charge in [0.25, 0.3) is 0 Å². The highest BCUT2D eigenvalue weighted by atomic mass is 16.5. The second-order valence-electron chi connectivity index (χ2n) is 8.37. The molecule has 0 aromatic heterocycles. The number of nitrogens with one attached hydrogen (secondary N) is 1. The maximum atomic E-state index is 6.03. The number of rotatable bonds is 3. The third-order valence-corrected chi connectivity index (χ3v) is 5.86. The minimum Gasteiger partial charge on any atom is -0.362 e. The fourth-order valence-corrected chi connectivity index (χ4v) is 4.14. The lowest BCUT2D eigenvalue weighted by atomic mass is 9.91. The Labute approximate surface area is 179 Å². The van der Waals surface area contributed by atoms with E-state index in [1.807, 2.05) is 18.2 Å². The van der Waals surface area contributed by atoms with Crippen LogP contribution in [0.15, 0.2) is 58.9 Å². The summed E-state index contributed by atoms with van der Waals surface area (Å²) in [6, 6.07) is 8.93. The van der Waals surface area contributed by atoms with E-state index in [-0.39, 0.29) is 6.04 Å². The summed E-state index contributed by atoms with van der Waals surface area (Å²) in [5.74, 6) is 0.570. The molecular formula is C24H32N4O2. The van der Waals surface area contributed by atoms with Crippen LogP contribution < -0.4 is 10.3 Å². The molecular weight excluding hydrogens is 376 g/mol. The van der Waals surface area contributed by atoms with Crippen molar-refractivity contribution in [3.05, 3.63) is 59.3 Å². The summed E-state index contributed by atoms with van der Waals surface area (Å²) in [5, 5.41) is 4.23. The lowest BCUT2D eigenvalue weighted by Gasteiger charge is -2.32. The van der Waals surface area contributed by atoms with Crippen LogP contribution in [0.1, 0.15) is 32.3 Å². The SMILES string of the molecule is C/C1=C(\C2CC=NN2)COCN(C)COCN1c1cccc(C2=CC=CC(C)C2)c1. The zero-order valence-corrected chi connectivity index (χ0v) is 18.2. The van der Waals surface area contributed by atoms with Crippen LogP contribution in [0.3, 0.4) is 0 Å². The van der Waals surface area contributed by atoms with E-state index >= 15 is 0 Å². The van der Waals surface area contributed by atoms with Crippen molar-refractivity contribution in [2.45, 2.75) is 32.7 Å². The van der Waals surface area contributed by atoms with Crippen LogP contribution in [0.5, 0.6) is 0 Å². The highest BCUT2D eigenvalue weighted by Crippen LogP contribution is 2.31. The molecule has 3 aliphatic rings. The molecule has 160 valence electrons. The smallest absolute Gasteiger partial charge is 0.124 e. The summed E-state index contributed by atoms with van der Waals surface area (Å²) in [5.41, 5.74) is 9.38. The van der Waals surface area contributed by atoms with Gasteiger partial charge in [-0.2, -0.15) is 5.10 Å². The standard InChI is InChI=1S/C24H32N4O2/c1-18-6-4-7-20(12-18)21-8-5-9-22(13-21)28-17-30-16-27(3)15-29-14-23(19(28)2)24-10-11-25-26-24/h4-9,11,13,18,24,26H,10,12,14-17H2,1-3H3/b23-19+. The van der Waals surface area contributed by atoms with E-state index in [1.54, 1.807) is 0 Å². The first kappa shape index (κ1) is 20.8. The normalized spacial score (nSPS) is 28.4. The van der Waals surface area contributed by atoms with Gasteiger partial charge in [-0.15, -0.1) is 0 Å². The van der Waals surface area contributed by atoms with Crippen LogP contribution in [0, 0.1) is 5.92 Å². The molecule has 2 aliphatic heterocycles. The molecule has 0 amide bonds. The molecule has 2 atom stereocenters. The first-order chi connectivity index (χ1) is 14.6. The van der Waals surface area contributed by atoms with Gasteiger partial charge in [-0.1, -0.05) is 37.3 Å². The third kappa shape index (κ3) is 4.83. The highest BCUT2D eigenvalue weighted by Gasteiger charge is 2.24. The molecule has 1 aromatic carbocycles. The summed E-state index contributed by atoms with van der Waals surface area (Å²) >= 11 is 0. The quantitative estimate of drug-likeness (QED) is 0.821. The number of hydrogen-bond donors (Lipinski definition) is 1. The minimum atomic E-state index is 0.160. The van der Waals surface area contributed by atoms with Crippen LogP contribution >= 0.6 is 0 Å². The first-order valence-electron chi connectivity index (χ1n) is 10.7. The molecule has 0 radical (unpaired) electrons. The molecule has 0 fully saturated rings. The molecule has 4 rings (SSSR count). The predicted octanol–water partition coefficient (Wildman–Crippen LogP) is 3.95. The van der Waals surface area contributed by atoms with E-state index in [4.69, 9.17) is 9.47 Å². The van der Waals surface area contributed by atoms with Gasteiger partial charge in [-0.05, 0) is 55.2 Å². The fourth-order valence-electron chi connectivity index (χ4n) is 4.14. The largest absolute Gasteiger partial charge is 0.362 e. The van der Waals surface area contributed by atoms with Crippen LogP contribution in [0.4, 0.5) is 5.69 Å². The lowest BCUT2D eigenvalue weighted by molar-refractivity contribution is -0.0278. The number of allylic oxidation sites excluding steroid dienone is 5. The van der Waals surface area contributed by atoms with Crippen LogP contribution in [0.2, 0.25) is 0 Å². The monoisotopic (exact) mass is 408 g/mol. The molecule has 1 N–H and O–H groups in total. The van der Waals surface area contributed by atoms with Gasteiger partial charge >= 0.3 is 0 Å². The first-order valence-corrected chi connectivity index (χ1v) is 10.7. The highest BCUT2D eigenvalue weighted by molar-refractivity contribution is 5.72. The van der Waals surface area contributed by atoms with Crippen molar-refractivity contribution in [2.75, 3.05) is 38.7 Å². The fraction of sp³-hybridized carbons (Fsp3) is 0.458. The second kappa shape index (κ2) is 9.60. The van der Waals surface area contributed by atoms with E-state index in [2.05, 4.69) is 71.8 Å². The molecule has 0 saturated carbocycles. The van der Waals surface area contributed by atoms with Crippen molar-refractivity contribution in [3.63, 3.8) is 0 Å². The maximum Gasteiger partial charge on any atom is 0.124 e. The molecule has 6 nitrogen and oxygen atoms in total. The molecule has 1 aliphatic carbocycles. The summed E-state index contributed by atoms with van der Waals surface area (Å²) in [7, 11) is 2.00. The van der Waals surface area contributed by atoms with Gasteiger partial charge in [0, 0.05) is 24.0 Å². The summed E-state index contributed by atoms with van der Waals surface area (Å²) in [4.78, 5) is 4.29. The van der Waals surface area contributed by atoms with Gasteiger partial charge in [0.2, 0.25) is 0 Å². The molecule has 0 saturated heterocycles. The van der Waals surface area contributed by atoms with E-state index < -0.39 is 0 Å². The van der Waals surface area contributed by atoms with Crippen LogP contribution in [-0.4, -0.2) is 51.0 Å². The van der Waals surface area contributed by atoms with Gasteiger partial charge in [0.15, 0.2) is 0 Å². The zero-order valence-electron chi connectivity index (χ0n) is 18.2. The molecule has 0 bridgehead atoms. The van der Waals surface area contributed by atoms with Crippen molar-refractivity contribution in [1.82, 2.24) is 10.3 Å². The average molecular weight is 409 g/mol. The molecule has 0 spiro atoms. The molecule has 2 unspecified atom stereocenters. The van der Waals surface area contributed by atoms with Crippen LogP contribution in [0.25, 0.3) is 5.57 Å². The Morgan fingerprint density at radius 1 is 1.17 bits per heavy atom. The van der Waals surface area contributed by atoms with Gasteiger partial charge in [0.1, 0.15) is 20.2 Å².